The minimum Gasteiger partial charge on any atom is -0.354 e. The van der Waals surface area contributed by atoms with Gasteiger partial charge in [-0.15, -0.1) is 0 Å². The van der Waals surface area contributed by atoms with Crippen LogP contribution in [0.5, 0.6) is 0 Å². The Labute approximate surface area is 151 Å². The Morgan fingerprint density at radius 3 is 2.33 bits per heavy atom. The molecule has 0 bridgehead atoms. The van der Waals surface area contributed by atoms with Crippen molar-refractivity contribution in [3.8, 4) is 0 Å². The minimum absolute atomic E-state index is 0.0698. The number of carbonyl (C=O) groups excluding carboxylic acids is 2. The first-order valence-electron chi connectivity index (χ1n) is 7.51. The Morgan fingerprint density at radius 1 is 1.04 bits per heavy atom. The largest absolute Gasteiger partial charge is 0.354 e. The summed E-state index contributed by atoms with van der Waals surface area (Å²) in [5.41, 5.74) is 1.61. The van der Waals surface area contributed by atoms with Crippen LogP contribution >= 0.6 is 23.2 Å². The highest BCUT2D eigenvalue weighted by molar-refractivity contribution is 6.33. The average Bonchev–Trinajstić information content (AvgIpc) is 2.55. The van der Waals surface area contributed by atoms with Crippen LogP contribution in [0.3, 0.4) is 0 Å². The van der Waals surface area contributed by atoms with Gasteiger partial charge in [-0.05, 0) is 36.2 Å². The molecule has 0 radical (unpaired) electrons. The SMILES string of the molecule is CC(=O)N(CC(=O)NCCc1ccc(Cl)cc1)c1ccccc1Cl. The standard InChI is InChI=1S/C18H18Cl2N2O2/c1-13(23)22(17-5-3-2-4-16(17)20)12-18(24)21-11-10-14-6-8-15(19)9-7-14/h2-9H,10-12H2,1H3,(H,21,24). The molecule has 0 aliphatic rings. The third kappa shape index (κ3) is 5.25. The highest BCUT2D eigenvalue weighted by atomic mass is 35.5. The van der Waals surface area contributed by atoms with Crippen LogP contribution < -0.4 is 10.2 Å². The maximum Gasteiger partial charge on any atom is 0.240 e. The molecule has 0 fully saturated rings. The van der Waals surface area contributed by atoms with E-state index in [4.69, 9.17) is 23.2 Å². The van der Waals surface area contributed by atoms with Crippen LogP contribution in [0, 0.1) is 0 Å². The van der Waals surface area contributed by atoms with Crippen molar-refractivity contribution in [1.29, 1.82) is 0 Å². The fourth-order valence-corrected chi connectivity index (χ4v) is 2.60. The molecular formula is C18H18Cl2N2O2. The van der Waals surface area contributed by atoms with E-state index in [1.165, 1.54) is 11.8 Å². The summed E-state index contributed by atoms with van der Waals surface area (Å²) >= 11 is 11.9. The number of hydrogen-bond donors (Lipinski definition) is 1. The van der Waals surface area contributed by atoms with Crippen molar-refractivity contribution >= 4 is 40.7 Å². The van der Waals surface area contributed by atoms with E-state index in [1.807, 2.05) is 24.3 Å². The maximum atomic E-state index is 12.1. The van der Waals surface area contributed by atoms with Gasteiger partial charge in [0.15, 0.2) is 0 Å². The molecule has 0 aromatic heterocycles. The molecule has 0 atom stereocenters. The first-order valence-corrected chi connectivity index (χ1v) is 8.26. The van der Waals surface area contributed by atoms with Crippen molar-refractivity contribution in [2.75, 3.05) is 18.0 Å². The van der Waals surface area contributed by atoms with Gasteiger partial charge in [-0.1, -0.05) is 47.5 Å². The summed E-state index contributed by atoms with van der Waals surface area (Å²) < 4.78 is 0. The lowest BCUT2D eigenvalue weighted by atomic mass is 10.1. The van der Waals surface area contributed by atoms with Crippen LogP contribution in [0.15, 0.2) is 48.5 Å². The normalized spacial score (nSPS) is 10.3. The van der Waals surface area contributed by atoms with Crippen molar-refractivity contribution in [3.05, 3.63) is 64.1 Å². The Hall–Kier alpha value is -2.04. The molecule has 0 saturated heterocycles. The molecule has 6 heteroatoms. The van der Waals surface area contributed by atoms with E-state index < -0.39 is 0 Å². The fraction of sp³-hybridized carbons (Fsp3) is 0.222. The number of amides is 2. The molecule has 126 valence electrons. The number of benzene rings is 2. The number of nitrogens with one attached hydrogen (secondary N) is 1. The Morgan fingerprint density at radius 2 is 1.71 bits per heavy atom. The summed E-state index contributed by atoms with van der Waals surface area (Å²) in [6.07, 6.45) is 0.690. The van der Waals surface area contributed by atoms with Crippen LogP contribution in [-0.2, 0) is 16.0 Å². The van der Waals surface area contributed by atoms with Gasteiger partial charge in [0.05, 0.1) is 10.7 Å². The fourth-order valence-electron chi connectivity index (χ4n) is 2.23. The molecule has 24 heavy (non-hydrogen) atoms. The van der Waals surface area contributed by atoms with Crippen molar-refractivity contribution in [1.82, 2.24) is 5.32 Å². The van der Waals surface area contributed by atoms with E-state index in [0.717, 1.165) is 5.56 Å². The van der Waals surface area contributed by atoms with Gasteiger partial charge in [0.1, 0.15) is 6.54 Å². The summed E-state index contributed by atoms with van der Waals surface area (Å²) in [6.45, 7) is 1.82. The summed E-state index contributed by atoms with van der Waals surface area (Å²) in [4.78, 5) is 25.3. The zero-order valence-electron chi connectivity index (χ0n) is 13.3. The molecular weight excluding hydrogens is 347 g/mol. The number of para-hydroxylation sites is 1. The smallest absolute Gasteiger partial charge is 0.240 e. The van der Waals surface area contributed by atoms with Gasteiger partial charge in [-0.3, -0.25) is 9.59 Å². The summed E-state index contributed by atoms with van der Waals surface area (Å²) in [6, 6.07) is 14.4. The molecule has 0 saturated carbocycles. The van der Waals surface area contributed by atoms with Crippen molar-refractivity contribution in [2.24, 2.45) is 0 Å². The Balaban J connectivity index is 1.90. The average molecular weight is 365 g/mol. The van der Waals surface area contributed by atoms with Crippen LogP contribution in [0.4, 0.5) is 5.69 Å². The van der Waals surface area contributed by atoms with E-state index in [2.05, 4.69) is 5.32 Å². The monoisotopic (exact) mass is 364 g/mol. The van der Waals surface area contributed by atoms with Gasteiger partial charge in [-0.25, -0.2) is 0 Å². The second kappa shape index (κ2) is 8.71. The van der Waals surface area contributed by atoms with Crippen molar-refractivity contribution in [3.63, 3.8) is 0 Å². The lowest BCUT2D eigenvalue weighted by molar-refractivity contribution is -0.123. The minimum atomic E-state index is -0.240. The molecule has 2 amide bonds. The number of hydrogen-bond acceptors (Lipinski definition) is 2. The van der Waals surface area contributed by atoms with Gasteiger partial charge < -0.3 is 10.2 Å². The number of nitrogens with zero attached hydrogens (tertiary/aromatic N) is 1. The quantitative estimate of drug-likeness (QED) is 0.849. The number of carbonyl (C=O) groups is 2. The Kier molecular flexibility index (Phi) is 6.64. The van der Waals surface area contributed by atoms with E-state index in [0.29, 0.717) is 28.7 Å². The van der Waals surface area contributed by atoms with Gasteiger partial charge in [0.2, 0.25) is 11.8 Å². The third-order valence-electron chi connectivity index (χ3n) is 3.47. The molecule has 4 nitrogen and oxygen atoms in total. The second-order valence-corrected chi connectivity index (χ2v) is 6.13. The van der Waals surface area contributed by atoms with E-state index in [-0.39, 0.29) is 18.4 Å². The molecule has 0 aliphatic heterocycles. The van der Waals surface area contributed by atoms with Gasteiger partial charge in [-0.2, -0.15) is 0 Å². The molecule has 2 aromatic rings. The zero-order chi connectivity index (χ0) is 17.5. The summed E-state index contributed by atoms with van der Waals surface area (Å²) in [7, 11) is 0. The molecule has 0 spiro atoms. The van der Waals surface area contributed by atoms with Gasteiger partial charge in [0, 0.05) is 18.5 Å². The first-order chi connectivity index (χ1) is 11.5. The number of anilines is 1. The van der Waals surface area contributed by atoms with Crippen LogP contribution in [0.2, 0.25) is 10.0 Å². The molecule has 1 N–H and O–H groups in total. The predicted octanol–water partition coefficient (Wildman–Crippen LogP) is 3.71. The van der Waals surface area contributed by atoms with Crippen LogP contribution in [-0.4, -0.2) is 24.9 Å². The zero-order valence-corrected chi connectivity index (χ0v) is 14.8. The highest BCUT2D eigenvalue weighted by Crippen LogP contribution is 2.25. The molecule has 2 rings (SSSR count). The van der Waals surface area contributed by atoms with Gasteiger partial charge in [0.25, 0.3) is 0 Å². The lowest BCUT2D eigenvalue weighted by Crippen LogP contribution is -2.40. The van der Waals surface area contributed by atoms with Crippen LogP contribution in [0.25, 0.3) is 0 Å². The Bertz CT molecular complexity index is 717. The first kappa shape index (κ1) is 18.3. The molecule has 0 heterocycles. The van der Waals surface area contributed by atoms with Crippen molar-refractivity contribution < 1.29 is 9.59 Å². The van der Waals surface area contributed by atoms with E-state index in [9.17, 15) is 9.59 Å². The molecule has 2 aromatic carbocycles. The third-order valence-corrected chi connectivity index (χ3v) is 4.05. The lowest BCUT2D eigenvalue weighted by Gasteiger charge is -2.21. The van der Waals surface area contributed by atoms with Crippen molar-refractivity contribution in [2.45, 2.75) is 13.3 Å². The molecule has 0 unspecified atom stereocenters. The highest BCUT2D eigenvalue weighted by Gasteiger charge is 2.17. The van der Waals surface area contributed by atoms with Gasteiger partial charge >= 0.3 is 0 Å². The van der Waals surface area contributed by atoms with E-state index in [1.54, 1.807) is 24.3 Å². The second-order valence-electron chi connectivity index (χ2n) is 5.28. The number of halogens is 2. The maximum absolute atomic E-state index is 12.1. The van der Waals surface area contributed by atoms with Crippen LogP contribution in [0.1, 0.15) is 12.5 Å². The van der Waals surface area contributed by atoms with E-state index >= 15 is 0 Å². The summed E-state index contributed by atoms with van der Waals surface area (Å²) in [5, 5.41) is 3.92. The number of rotatable bonds is 6. The summed E-state index contributed by atoms with van der Waals surface area (Å²) in [5.74, 6) is -0.477. The topological polar surface area (TPSA) is 49.4 Å². The molecule has 0 aliphatic carbocycles. The predicted molar refractivity (Wildman–Crippen MR) is 97.6 cm³/mol.